The number of aromatic amines is 1. The van der Waals surface area contributed by atoms with Gasteiger partial charge in [0.1, 0.15) is 5.82 Å². The molecule has 4 rings (SSSR count). The van der Waals surface area contributed by atoms with Crippen LogP contribution in [0.2, 0.25) is 0 Å². The molecular weight excluding hydrogens is 310 g/mol. The molecular formula is C21H21N3O. The van der Waals surface area contributed by atoms with Gasteiger partial charge in [-0.3, -0.25) is 9.89 Å². The SMILES string of the molecule is CC(C(=O)Nc1cc(C2CC2)n[nH]1)c1ccc(-c2ccccc2)cc1. The van der Waals surface area contributed by atoms with E-state index in [9.17, 15) is 4.79 Å². The second-order valence-electron chi connectivity index (χ2n) is 6.68. The van der Waals surface area contributed by atoms with Crippen molar-refractivity contribution in [1.29, 1.82) is 0 Å². The fourth-order valence-corrected chi connectivity index (χ4v) is 2.98. The topological polar surface area (TPSA) is 57.8 Å². The second kappa shape index (κ2) is 6.55. The van der Waals surface area contributed by atoms with E-state index in [4.69, 9.17) is 0 Å². The van der Waals surface area contributed by atoms with E-state index in [1.54, 1.807) is 0 Å². The molecule has 1 aromatic heterocycles. The van der Waals surface area contributed by atoms with Crippen LogP contribution in [0.3, 0.4) is 0 Å². The van der Waals surface area contributed by atoms with Gasteiger partial charge in [0.05, 0.1) is 11.6 Å². The zero-order valence-electron chi connectivity index (χ0n) is 14.2. The number of nitrogens with one attached hydrogen (secondary N) is 2. The molecule has 0 aliphatic heterocycles. The zero-order valence-corrected chi connectivity index (χ0v) is 14.2. The number of carbonyl (C=O) groups is 1. The fourth-order valence-electron chi connectivity index (χ4n) is 2.98. The molecule has 0 radical (unpaired) electrons. The lowest BCUT2D eigenvalue weighted by atomic mass is 9.97. The molecule has 1 fully saturated rings. The van der Waals surface area contributed by atoms with Gasteiger partial charge in [0.15, 0.2) is 0 Å². The summed E-state index contributed by atoms with van der Waals surface area (Å²) in [4.78, 5) is 12.5. The van der Waals surface area contributed by atoms with E-state index in [0.717, 1.165) is 16.8 Å². The average molecular weight is 331 g/mol. The monoisotopic (exact) mass is 331 g/mol. The lowest BCUT2D eigenvalue weighted by Crippen LogP contribution is -2.19. The molecule has 2 aromatic carbocycles. The van der Waals surface area contributed by atoms with Crippen molar-refractivity contribution in [2.45, 2.75) is 31.6 Å². The van der Waals surface area contributed by atoms with E-state index in [1.807, 2.05) is 43.3 Å². The minimum absolute atomic E-state index is 0.0292. The quantitative estimate of drug-likeness (QED) is 0.712. The van der Waals surface area contributed by atoms with Crippen molar-refractivity contribution < 1.29 is 4.79 Å². The lowest BCUT2D eigenvalue weighted by molar-refractivity contribution is -0.117. The summed E-state index contributed by atoms with van der Waals surface area (Å²) in [6, 6.07) is 20.4. The van der Waals surface area contributed by atoms with Gasteiger partial charge in [-0.1, -0.05) is 54.6 Å². The summed E-state index contributed by atoms with van der Waals surface area (Å²) >= 11 is 0. The second-order valence-corrected chi connectivity index (χ2v) is 6.68. The molecule has 1 heterocycles. The van der Waals surface area contributed by atoms with Crippen LogP contribution in [-0.2, 0) is 4.79 Å². The molecule has 0 bridgehead atoms. The van der Waals surface area contributed by atoms with E-state index >= 15 is 0 Å². The molecule has 1 unspecified atom stereocenters. The highest BCUT2D eigenvalue weighted by Crippen LogP contribution is 2.39. The maximum Gasteiger partial charge on any atom is 0.232 e. The van der Waals surface area contributed by atoms with Gasteiger partial charge >= 0.3 is 0 Å². The third-order valence-corrected chi connectivity index (χ3v) is 4.76. The number of amides is 1. The first-order valence-electron chi connectivity index (χ1n) is 8.72. The molecule has 4 nitrogen and oxygen atoms in total. The maximum atomic E-state index is 12.5. The number of hydrogen-bond donors (Lipinski definition) is 2. The molecule has 3 aromatic rings. The van der Waals surface area contributed by atoms with Crippen LogP contribution in [0.1, 0.15) is 42.9 Å². The highest BCUT2D eigenvalue weighted by Gasteiger charge is 2.26. The summed E-state index contributed by atoms with van der Waals surface area (Å²) in [7, 11) is 0. The Morgan fingerprint density at radius 1 is 1.08 bits per heavy atom. The number of H-pyrrole nitrogens is 1. The molecule has 1 aliphatic rings. The molecule has 0 spiro atoms. The number of anilines is 1. The summed E-state index contributed by atoms with van der Waals surface area (Å²) in [6.07, 6.45) is 2.39. The Morgan fingerprint density at radius 3 is 2.44 bits per heavy atom. The number of nitrogens with zero attached hydrogens (tertiary/aromatic N) is 1. The third-order valence-electron chi connectivity index (χ3n) is 4.76. The summed E-state index contributed by atoms with van der Waals surface area (Å²) in [6.45, 7) is 1.92. The Hall–Kier alpha value is -2.88. The molecule has 126 valence electrons. The number of hydrogen-bond acceptors (Lipinski definition) is 2. The standard InChI is InChI=1S/C21H21N3O/c1-14(21(25)22-20-13-19(23-24-20)18-11-12-18)15-7-9-17(10-8-15)16-5-3-2-4-6-16/h2-10,13-14,18H,11-12H2,1H3,(H2,22,23,24,25). The normalized spacial score (nSPS) is 14.9. The van der Waals surface area contributed by atoms with Gasteiger partial charge in [-0.15, -0.1) is 0 Å². The van der Waals surface area contributed by atoms with Gasteiger partial charge in [0.25, 0.3) is 0 Å². The van der Waals surface area contributed by atoms with Crippen molar-refractivity contribution in [3.8, 4) is 11.1 Å². The van der Waals surface area contributed by atoms with E-state index in [2.05, 4.69) is 39.8 Å². The number of benzene rings is 2. The van der Waals surface area contributed by atoms with Crippen LogP contribution in [0.25, 0.3) is 11.1 Å². The minimum Gasteiger partial charge on any atom is -0.311 e. The third kappa shape index (κ3) is 3.48. The van der Waals surface area contributed by atoms with Crippen molar-refractivity contribution >= 4 is 11.7 Å². The van der Waals surface area contributed by atoms with Gasteiger partial charge in [-0.25, -0.2) is 0 Å². The Bertz CT molecular complexity index is 864. The molecule has 1 saturated carbocycles. The average Bonchev–Trinajstić information content (AvgIpc) is 3.41. The van der Waals surface area contributed by atoms with Crippen molar-refractivity contribution in [3.05, 3.63) is 71.9 Å². The molecule has 4 heteroatoms. The van der Waals surface area contributed by atoms with E-state index in [-0.39, 0.29) is 11.8 Å². The number of carbonyl (C=O) groups excluding carboxylic acids is 1. The zero-order chi connectivity index (χ0) is 17.2. The largest absolute Gasteiger partial charge is 0.311 e. The van der Waals surface area contributed by atoms with Gasteiger partial charge in [0.2, 0.25) is 5.91 Å². The predicted octanol–water partition coefficient (Wildman–Crippen LogP) is 4.70. The van der Waals surface area contributed by atoms with E-state index in [0.29, 0.717) is 11.7 Å². The molecule has 1 aliphatic carbocycles. The minimum atomic E-state index is -0.225. The first-order valence-corrected chi connectivity index (χ1v) is 8.72. The van der Waals surface area contributed by atoms with Crippen LogP contribution in [0.4, 0.5) is 5.82 Å². The highest BCUT2D eigenvalue weighted by atomic mass is 16.1. The maximum absolute atomic E-state index is 12.5. The summed E-state index contributed by atoms with van der Waals surface area (Å²) in [5, 5.41) is 10.1. The lowest BCUT2D eigenvalue weighted by Gasteiger charge is -2.12. The van der Waals surface area contributed by atoms with Crippen molar-refractivity contribution in [2.24, 2.45) is 0 Å². The number of rotatable bonds is 5. The summed E-state index contributed by atoms with van der Waals surface area (Å²) in [5.74, 6) is 1.00. The Labute approximate surface area is 147 Å². The summed E-state index contributed by atoms with van der Waals surface area (Å²) in [5.41, 5.74) is 4.38. The molecule has 25 heavy (non-hydrogen) atoms. The van der Waals surface area contributed by atoms with Gasteiger partial charge in [0, 0.05) is 12.0 Å². The van der Waals surface area contributed by atoms with Gasteiger partial charge in [-0.05, 0) is 36.5 Å². The fraction of sp³-hybridized carbons (Fsp3) is 0.238. The van der Waals surface area contributed by atoms with Crippen molar-refractivity contribution in [2.75, 3.05) is 5.32 Å². The highest BCUT2D eigenvalue weighted by molar-refractivity contribution is 5.94. The molecule has 2 N–H and O–H groups in total. The van der Waals surface area contributed by atoms with Crippen LogP contribution in [0.5, 0.6) is 0 Å². The van der Waals surface area contributed by atoms with E-state index in [1.165, 1.54) is 18.4 Å². The smallest absolute Gasteiger partial charge is 0.232 e. The van der Waals surface area contributed by atoms with Crippen LogP contribution >= 0.6 is 0 Å². The predicted molar refractivity (Wildman–Crippen MR) is 99.5 cm³/mol. The molecule has 0 saturated heterocycles. The molecule has 1 atom stereocenters. The Kier molecular flexibility index (Phi) is 4.10. The van der Waals surface area contributed by atoms with Crippen LogP contribution < -0.4 is 5.32 Å². The van der Waals surface area contributed by atoms with Crippen LogP contribution in [-0.4, -0.2) is 16.1 Å². The Balaban J connectivity index is 1.44. The van der Waals surface area contributed by atoms with Gasteiger partial charge in [-0.2, -0.15) is 5.10 Å². The van der Waals surface area contributed by atoms with Crippen molar-refractivity contribution in [3.63, 3.8) is 0 Å². The first-order chi connectivity index (χ1) is 12.2. The molecule has 1 amide bonds. The van der Waals surface area contributed by atoms with Crippen LogP contribution in [0, 0.1) is 0 Å². The van der Waals surface area contributed by atoms with Crippen LogP contribution in [0.15, 0.2) is 60.7 Å². The first kappa shape index (κ1) is 15.6. The van der Waals surface area contributed by atoms with E-state index < -0.39 is 0 Å². The number of aromatic nitrogens is 2. The van der Waals surface area contributed by atoms with Crippen molar-refractivity contribution in [1.82, 2.24) is 10.2 Å². The van der Waals surface area contributed by atoms with Gasteiger partial charge < -0.3 is 5.32 Å². The Morgan fingerprint density at radius 2 is 1.76 bits per heavy atom. The summed E-state index contributed by atoms with van der Waals surface area (Å²) < 4.78 is 0.